The molecule has 3 rings (SSSR count). The minimum absolute atomic E-state index is 0.0534. The molecule has 0 bridgehead atoms. The maximum absolute atomic E-state index is 12.3. The minimum atomic E-state index is 0.0534. The van der Waals surface area contributed by atoms with Crippen LogP contribution in [0, 0.1) is 10.5 Å². The predicted octanol–water partition coefficient (Wildman–Crippen LogP) is 2.78. The largest absolute Gasteiger partial charge is 0.484 e. The lowest BCUT2D eigenvalue weighted by atomic mass is 10.3. The van der Waals surface area contributed by atoms with Crippen LogP contribution in [0.2, 0.25) is 0 Å². The van der Waals surface area contributed by atoms with Gasteiger partial charge in [0, 0.05) is 41.7 Å². The highest BCUT2D eigenvalue weighted by Crippen LogP contribution is 2.15. The van der Waals surface area contributed by atoms with Crippen molar-refractivity contribution in [3.8, 4) is 5.75 Å². The number of hydrogen-bond acceptors (Lipinski definition) is 5. The number of ether oxygens (including phenoxy) is 1. The zero-order valence-electron chi connectivity index (χ0n) is 13.6. The van der Waals surface area contributed by atoms with Crippen LogP contribution in [0.1, 0.15) is 10.7 Å². The molecule has 0 spiro atoms. The summed E-state index contributed by atoms with van der Waals surface area (Å²) in [6.45, 7) is 6.25. The number of thiazole rings is 1. The molecule has 1 aliphatic heterocycles. The first-order valence-electron chi connectivity index (χ1n) is 7.89. The van der Waals surface area contributed by atoms with Gasteiger partial charge in [0.2, 0.25) is 0 Å². The molecule has 1 saturated heterocycles. The highest BCUT2D eigenvalue weighted by atomic mass is 127. The number of halogens is 1. The first-order chi connectivity index (χ1) is 11.6. The van der Waals surface area contributed by atoms with Gasteiger partial charge in [0.05, 0.1) is 10.7 Å². The van der Waals surface area contributed by atoms with Gasteiger partial charge in [0.1, 0.15) is 5.75 Å². The number of aryl methyl sites for hydroxylation is 1. The lowest BCUT2D eigenvalue weighted by molar-refractivity contribution is -0.135. The predicted molar refractivity (Wildman–Crippen MR) is 103 cm³/mol. The van der Waals surface area contributed by atoms with E-state index in [1.807, 2.05) is 36.1 Å². The summed E-state index contributed by atoms with van der Waals surface area (Å²) >= 11 is 3.93. The Balaban J connectivity index is 1.42. The summed E-state index contributed by atoms with van der Waals surface area (Å²) in [5.41, 5.74) is 1.12. The SMILES string of the molecule is Cc1nc(CN2CCN(C(=O)COc3ccc(I)cc3)CC2)cs1. The first-order valence-corrected chi connectivity index (χ1v) is 9.85. The van der Waals surface area contributed by atoms with E-state index in [2.05, 4.69) is 37.9 Å². The van der Waals surface area contributed by atoms with Crippen LogP contribution in [-0.4, -0.2) is 53.5 Å². The molecule has 1 aromatic carbocycles. The van der Waals surface area contributed by atoms with Gasteiger partial charge in [-0.25, -0.2) is 4.98 Å². The molecule has 2 heterocycles. The molecule has 1 aromatic heterocycles. The molecule has 0 unspecified atom stereocenters. The number of carbonyl (C=O) groups is 1. The molecule has 1 fully saturated rings. The van der Waals surface area contributed by atoms with Crippen LogP contribution in [0.25, 0.3) is 0 Å². The second-order valence-electron chi connectivity index (χ2n) is 5.76. The van der Waals surface area contributed by atoms with Gasteiger partial charge >= 0.3 is 0 Å². The van der Waals surface area contributed by atoms with Crippen LogP contribution < -0.4 is 4.74 Å². The molecule has 0 N–H and O–H groups in total. The summed E-state index contributed by atoms with van der Waals surface area (Å²) in [6, 6.07) is 7.73. The standard InChI is InChI=1S/C17H20IN3O2S/c1-13-19-15(12-24-13)10-20-6-8-21(9-7-20)17(22)11-23-16-4-2-14(18)3-5-16/h2-5,12H,6-11H2,1H3. The highest BCUT2D eigenvalue weighted by molar-refractivity contribution is 14.1. The molecule has 128 valence electrons. The number of rotatable bonds is 5. The van der Waals surface area contributed by atoms with Gasteiger partial charge in [-0.1, -0.05) is 0 Å². The molecule has 2 aromatic rings. The van der Waals surface area contributed by atoms with E-state index in [9.17, 15) is 4.79 Å². The fourth-order valence-electron chi connectivity index (χ4n) is 2.63. The average Bonchev–Trinajstić information content (AvgIpc) is 2.99. The van der Waals surface area contributed by atoms with Crippen LogP contribution in [0.4, 0.5) is 0 Å². The molecule has 0 radical (unpaired) electrons. The Kier molecular flexibility index (Phi) is 6.07. The minimum Gasteiger partial charge on any atom is -0.484 e. The van der Waals surface area contributed by atoms with Crippen LogP contribution in [0.3, 0.4) is 0 Å². The van der Waals surface area contributed by atoms with Gasteiger partial charge in [-0.2, -0.15) is 0 Å². The Morgan fingerprint density at radius 1 is 1.25 bits per heavy atom. The zero-order chi connectivity index (χ0) is 16.9. The summed E-state index contributed by atoms with van der Waals surface area (Å²) in [5.74, 6) is 0.791. The average molecular weight is 457 g/mol. The highest BCUT2D eigenvalue weighted by Gasteiger charge is 2.21. The van der Waals surface area contributed by atoms with Crippen molar-refractivity contribution in [2.24, 2.45) is 0 Å². The van der Waals surface area contributed by atoms with Crippen LogP contribution >= 0.6 is 33.9 Å². The fourth-order valence-corrected chi connectivity index (χ4v) is 3.60. The van der Waals surface area contributed by atoms with Crippen LogP contribution in [0.5, 0.6) is 5.75 Å². The lowest BCUT2D eigenvalue weighted by Crippen LogP contribution is -2.49. The number of carbonyl (C=O) groups excluding carboxylic acids is 1. The summed E-state index contributed by atoms with van der Waals surface area (Å²) in [7, 11) is 0. The van der Waals surface area contributed by atoms with Crippen molar-refractivity contribution in [1.82, 2.24) is 14.8 Å². The third-order valence-corrected chi connectivity index (χ3v) is 5.49. The lowest BCUT2D eigenvalue weighted by Gasteiger charge is -2.34. The number of aromatic nitrogens is 1. The second kappa shape index (κ2) is 8.26. The van der Waals surface area contributed by atoms with E-state index in [0.29, 0.717) is 0 Å². The number of benzene rings is 1. The van der Waals surface area contributed by atoms with E-state index in [4.69, 9.17) is 4.74 Å². The normalized spacial score (nSPS) is 15.5. The first kappa shape index (κ1) is 17.6. The fraction of sp³-hybridized carbons (Fsp3) is 0.412. The van der Waals surface area contributed by atoms with Gasteiger partial charge in [0.25, 0.3) is 5.91 Å². The molecule has 1 aliphatic rings. The molecule has 0 atom stereocenters. The van der Waals surface area contributed by atoms with E-state index >= 15 is 0 Å². The summed E-state index contributed by atoms with van der Waals surface area (Å²) in [6.07, 6.45) is 0. The van der Waals surface area contributed by atoms with Crippen molar-refractivity contribution in [3.05, 3.63) is 43.9 Å². The maximum atomic E-state index is 12.3. The molecular weight excluding hydrogens is 437 g/mol. The van der Waals surface area contributed by atoms with Gasteiger partial charge in [-0.05, 0) is 53.8 Å². The monoisotopic (exact) mass is 457 g/mol. The zero-order valence-corrected chi connectivity index (χ0v) is 16.5. The van der Waals surface area contributed by atoms with Gasteiger partial charge in [-0.3, -0.25) is 9.69 Å². The van der Waals surface area contributed by atoms with Crippen molar-refractivity contribution < 1.29 is 9.53 Å². The quantitative estimate of drug-likeness (QED) is 0.648. The third-order valence-electron chi connectivity index (χ3n) is 3.95. The smallest absolute Gasteiger partial charge is 0.260 e. The van der Waals surface area contributed by atoms with Gasteiger partial charge in [0.15, 0.2) is 6.61 Å². The van der Waals surface area contributed by atoms with Crippen LogP contribution in [0.15, 0.2) is 29.6 Å². The van der Waals surface area contributed by atoms with Crippen LogP contribution in [-0.2, 0) is 11.3 Å². The summed E-state index contributed by atoms with van der Waals surface area (Å²) in [4.78, 5) is 21.0. The molecule has 0 saturated carbocycles. The van der Waals surface area contributed by atoms with Crippen molar-refractivity contribution in [2.75, 3.05) is 32.8 Å². The Hall–Kier alpha value is -1.19. The van der Waals surface area contributed by atoms with Crippen molar-refractivity contribution in [3.63, 3.8) is 0 Å². The molecule has 7 heteroatoms. The van der Waals surface area contributed by atoms with Crippen molar-refractivity contribution >= 4 is 39.8 Å². The van der Waals surface area contributed by atoms with E-state index < -0.39 is 0 Å². The van der Waals surface area contributed by atoms with E-state index in [1.165, 1.54) is 0 Å². The number of hydrogen-bond donors (Lipinski definition) is 0. The van der Waals surface area contributed by atoms with Crippen molar-refractivity contribution in [1.29, 1.82) is 0 Å². The second-order valence-corrected chi connectivity index (χ2v) is 8.07. The third kappa shape index (κ3) is 4.90. The topological polar surface area (TPSA) is 45.7 Å². The van der Waals surface area contributed by atoms with Gasteiger partial charge in [-0.15, -0.1) is 11.3 Å². The Morgan fingerprint density at radius 2 is 1.96 bits per heavy atom. The Labute approximate surface area is 159 Å². The van der Waals surface area contributed by atoms with Crippen molar-refractivity contribution in [2.45, 2.75) is 13.5 Å². The molecule has 0 aliphatic carbocycles. The number of piperazine rings is 1. The molecule has 5 nitrogen and oxygen atoms in total. The maximum Gasteiger partial charge on any atom is 0.260 e. The number of amides is 1. The summed E-state index contributed by atoms with van der Waals surface area (Å²) in [5, 5.41) is 3.22. The molecular formula is C17H20IN3O2S. The van der Waals surface area contributed by atoms with Gasteiger partial charge < -0.3 is 9.64 Å². The van der Waals surface area contributed by atoms with E-state index in [-0.39, 0.29) is 12.5 Å². The van der Waals surface area contributed by atoms with E-state index in [1.54, 1.807) is 11.3 Å². The molecule has 24 heavy (non-hydrogen) atoms. The summed E-state index contributed by atoms with van der Waals surface area (Å²) < 4.78 is 6.74. The number of nitrogens with zero attached hydrogens (tertiary/aromatic N) is 3. The Bertz CT molecular complexity index is 681. The Morgan fingerprint density at radius 3 is 2.58 bits per heavy atom. The van der Waals surface area contributed by atoms with E-state index in [0.717, 1.165) is 52.7 Å². The molecule has 1 amide bonds.